The van der Waals surface area contributed by atoms with Gasteiger partial charge in [0.25, 0.3) is 12.4 Å². The van der Waals surface area contributed by atoms with Gasteiger partial charge in [0.1, 0.15) is 0 Å². The topological polar surface area (TPSA) is 74.7 Å². The molecule has 0 radical (unpaired) electrons. The third kappa shape index (κ3) is 5.81. The molecule has 1 amide bonds. The molecule has 1 rings (SSSR count). The molecule has 1 aromatic rings. The molecule has 0 aromatic heterocycles. The quantitative estimate of drug-likeness (QED) is 0.827. The first-order chi connectivity index (χ1) is 9.12. The van der Waals surface area contributed by atoms with E-state index in [1.165, 1.54) is 0 Å². The third-order valence-electron chi connectivity index (χ3n) is 2.51. The van der Waals surface area contributed by atoms with Crippen molar-refractivity contribution in [3.05, 3.63) is 35.4 Å². The van der Waals surface area contributed by atoms with Gasteiger partial charge in [-0.15, -0.1) is 0 Å². The van der Waals surface area contributed by atoms with E-state index in [4.69, 9.17) is 9.90 Å². The molecule has 0 unspecified atom stereocenters. The maximum Gasteiger partial charge on any atom is 0.290 e. The SMILES string of the molecule is CCCCN(C)C(=O)c1ccccc1C=O.O=CO. The van der Waals surface area contributed by atoms with Crippen LogP contribution in [0.2, 0.25) is 0 Å². The summed E-state index contributed by atoms with van der Waals surface area (Å²) in [6.45, 7) is 2.56. The number of aldehydes is 1. The molecule has 104 valence electrons. The van der Waals surface area contributed by atoms with E-state index in [9.17, 15) is 9.59 Å². The van der Waals surface area contributed by atoms with Crippen LogP contribution in [-0.4, -0.2) is 42.3 Å². The fourth-order valence-electron chi connectivity index (χ4n) is 1.50. The number of carbonyl (C=O) groups is 3. The molecular formula is C14H19NO4. The molecule has 0 heterocycles. The van der Waals surface area contributed by atoms with E-state index < -0.39 is 0 Å². The lowest BCUT2D eigenvalue weighted by atomic mass is 10.1. The van der Waals surface area contributed by atoms with E-state index in [-0.39, 0.29) is 12.4 Å². The minimum atomic E-state index is -0.250. The lowest BCUT2D eigenvalue weighted by Gasteiger charge is -2.17. The van der Waals surface area contributed by atoms with Crippen molar-refractivity contribution in [3.63, 3.8) is 0 Å². The molecule has 0 aliphatic rings. The summed E-state index contributed by atoms with van der Waals surface area (Å²) in [5.41, 5.74) is 0.937. The second kappa shape index (κ2) is 9.82. The molecule has 0 fully saturated rings. The zero-order chi connectivity index (χ0) is 14.7. The highest BCUT2D eigenvalue weighted by Crippen LogP contribution is 2.09. The zero-order valence-electron chi connectivity index (χ0n) is 11.2. The van der Waals surface area contributed by atoms with E-state index in [2.05, 4.69) is 6.92 Å². The summed E-state index contributed by atoms with van der Waals surface area (Å²) in [6.07, 6.45) is 2.75. The Labute approximate surface area is 112 Å². The Hall–Kier alpha value is -2.17. The number of benzene rings is 1. The van der Waals surface area contributed by atoms with Gasteiger partial charge in [0.15, 0.2) is 6.29 Å². The van der Waals surface area contributed by atoms with Gasteiger partial charge >= 0.3 is 0 Å². The maximum absolute atomic E-state index is 12.0. The highest BCUT2D eigenvalue weighted by atomic mass is 16.3. The second-order valence-electron chi connectivity index (χ2n) is 3.89. The first kappa shape index (κ1) is 16.8. The number of nitrogens with zero attached hydrogens (tertiary/aromatic N) is 1. The average molecular weight is 265 g/mol. The Balaban J connectivity index is 0.000000982. The van der Waals surface area contributed by atoms with Gasteiger partial charge in [-0.05, 0) is 12.5 Å². The van der Waals surface area contributed by atoms with E-state index in [1.54, 1.807) is 36.2 Å². The first-order valence-electron chi connectivity index (χ1n) is 5.99. The Morgan fingerprint density at radius 3 is 2.42 bits per heavy atom. The molecule has 1 N–H and O–H groups in total. The van der Waals surface area contributed by atoms with Crippen LogP contribution >= 0.6 is 0 Å². The smallest absolute Gasteiger partial charge is 0.290 e. The number of hydrogen-bond donors (Lipinski definition) is 1. The predicted molar refractivity (Wildman–Crippen MR) is 72.4 cm³/mol. The summed E-state index contributed by atoms with van der Waals surface area (Å²) in [5.74, 6) is -0.0869. The normalized spacial score (nSPS) is 8.95. The molecule has 0 spiro atoms. The Morgan fingerprint density at radius 1 is 1.32 bits per heavy atom. The predicted octanol–water partition coefficient (Wildman–Crippen LogP) is 2.07. The minimum absolute atomic E-state index is 0.0869. The summed E-state index contributed by atoms with van der Waals surface area (Å²) < 4.78 is 0. The summed E-state index contributed by atoms with van der Waals surface area (Å²) in [4.78, 5) is 32.8. The number of amides is 1. The van der Waals surface area contributed by atoms with Crippen molar-refractivity contribution >= 4 is 18.7 Å². The van der Waals surface area contributed by atoms with Gasteiger partial charge in [-0.2, -0.15) is 0 Å². The van der Waals surface area contributed by atoms with Gasteiger partial charge in [-0.1, -0.05) is 31.5 Å². The van der Waals surface area contributed by atoms with Crippen LogP contribution in [0.3, 0.4) is 0 Å². The summed E-state index contributed by atoms with van der Waals surface area (Å²) in [7, 11) is 1.76. The molecule has 0 aliphatic carbocycles. The van der Waals surface area contributed by atoms with Crippen molar-refractivity contribution in [2.75, 3.05) is 13.6 Å². The average Bonchev–Trinajstić information content (AvgIpc) is 2.44. The van der Waals surface area contributed by atoms with Crippen LogP contribution in [0.1, 0.15) is 40.5 Å². The molecule has 0 saturated heterocycles. The van der Waals surface area contributed by atoms with Crippen LogP contribution in [0.25, 0.3) is 0 Å². The third-order valence-corrected chi connectivity index (χ3v) is 2.51. The lowest BCUT2D eigenvalue weighted by Crippen LogP contribution is -2.28. The lowest BCUT2D eigenvalue weighted by molar-refractivity contribution is -0.122. The van der Waals surface area contributed by atoms with Gasteiger partial charge in [-0.3, -0.25) is 14.4 Å². The van der Waals surface area contributed by atoms with Crippen molar-refractivity contribution in [2.24, 2.45) is 0 Å². The highest BCUT2D eigenvalue weighted by molar-refractivity contribution is 6.01. The second-order valence-corrected chi connectivity index (χ2v) is 3.89. The fourth-order valence-corrected chi connectivity index (χ4v) is 1.50. The Kier molecular flexibility index (Phi) is 8.70. The summed E-state index contributed by atoms with van der Waals surface area (Å²) in [5, 5.41) is 6.89. The monoisotopic (exact) mass is 265 g/mol. The van der Waals surface area contributed by atoms with E-state index in [1.807, 2.05) is 0 Å². The number of rotatable bonds is 5. The molecule has 0 atom stereocenters. The Morgan fingerprint density at radius 2 is 1.89 bits per heavy atom. The Bertz CT molecular complexity index is 418. The van der Waals surface area contributed by atoms with Gasteiger partial charge in [0.05, 0.1) is 5.56 Å². The zero-order valence-corrected chi connectivity index (χ0v) is 11.2. The van der Waals surface area contributed by atoms with Crippen LogP contribution in [0, 0.1) is 0 Å². The van der Waals surface area contributed by atoms with Crippen LogP contribution in [0.4, 0.5) is 0 Å². The molecule has 5 nitrogen and oxygen atoms in total. The van der Waals surface area contributed by atoms with Gasteiger partial charge in [-0.25, -0.2) is 0 Å². The molecule has 0 saturated carbocycles. The van der Waals surface area contributed by atoms with Crippen LogP contribution in [-0.2, 0) is 4.79 Å². The number of carbonyl (C=O) groups excluding carboxylic acids is 2. The molecule has 1 aromatic carbocycles. The van der Waals surface area contributed by atoms with Crippen molar-refractivity contribution in [3.8, 4) is 0 Å². The van der Waals surface area contributed by atoms with Crippen molar-refractivity contribution in [1.29, 1.82) is 0 Å². The maximum atomic E-state index is 12.0. The first-order valence-corrected chi connectivity index (χ1v) is 5.99. The van der Waals surface area contributed by atoms with Crippen molar-refractivity contribution < 1.29 is 19.5 Å². The minimum Gasteiger partial charge on any atom is -0.483 e. The highest BCUT2D eigenvalue weighted by Gasteiger charge is 2.14. The van der Waals surface area contributed by atoms with Crippen LogP contribution in [0.15, 0.2) is 24.3 Å². The fraction of sp³-hybridized carbons (Fsp3) is 0.357. The molecular weight excluding hydrogens is 246 g/mol. The van der Waals surface area contributed by atoms with Crippen molar-refractivity contribution in [1.82, 2.24) is 4.90 Å². The van der Waals surface area contributed by atoms with Gasteiger partial charge in [0, 0.05) is 19.2 Å². The molecule has 0 aliphatic heterocycles. The molecule has 19 heavy (non-hydrogen) atoms. The van der Waals surface area contributed by atoms with Gasteiger partial charge < -0.3 is 10.0 Å². The van der Waals surface area contributed by atoms with E-state index in [0.717, 1.165) is 25.7 Å². The largest absolute Gasteiger partial charge is 0.483 e. The summed E-state index contributed by atoms with van der Waals surface area (Å²) >= 11 is 0. The standard InChI is InChI=1S/C13H17NO2.CH2O2/c1-3-4-9-14(2)13(16)12-8-6-5-7-11(12)10-15;2-1-3/h5-8,10H,3-4,9H2,1-2H3;1H,(H,2,3). The number of hydrogen-bond acceptors (Lipinski definition) is 3. The molecule has 5 heteroatoms. The number of carboxylic acid groups (broad SMARTS) is 1. The van der Waals surface area contributed by atoms with Crippen molar-refractivity contribution in [2.45, 2.75) is 19.8 Å². The summed E-state index contributed by atoms with van der Waals surface area (Å²) in [6, 6.07) is 6.88. The van der Waals surface area contributed by atoms with Crippen LogP contribution < -0.4 is 0 Å². The van der Waals surface area contributed by atoms with Gasteiger partial charge in [0.2, 0.25) is 0 Å². The number of unbranched alkanes of at least 4 members (excludes halogenated alkanes) is 1. The van der Waals surface area contributed by atoms with E-state index >= 15 is 0 Å². The molecule has 0 bridgehead atoms. The van der Waals surface area contributed by atoms with Crippen LogP contribution in [0.5, 0.6) is 0 Å². The van der Waals surface area contributed by atoms with E-state index in [0.29, 0.717) is 11.1 Å².